The maximum absolute atomic E-state index is 13.2. The summed E-state index contributed by atoms with van der Waals surface area (Å²) in [4.78, 5) is 3.16. The van der Waals surface area contributed by atoms with Gasteiger partial charge in [0.25, 0.3) is 0 Å². The van der Waals surface area contributed by atoms with Gasteiger partial charge in [-0.2, -0.15) is 0 Å². The van der Waals surface area contributed by atoms with E-state index in [4.69, 9.17) is 0 Å². The Morgan fingerprint density at radius 3 is 2.78 bits per heavy atom. The molecule has 2 aromatic rings. The molecule has 2 rings (SSSR count). The van der Waals surface area contributed by atoms with Crippen molar-refractivity contribution in [3.8, 4) is 0 Å². The van der Waals surface area contributed by atoms with Crippen molar-refractivity contribution in [1.82, 2.24) is 9.71 Å². The van der Waals surface area contributed by atoms with Crippen LogP contribution in [0.4, 0.5) is 4.39 Å². The molecule has 0 unspecified atom stereocenters. The fraction of sp³-hybridized carbons (Fsp3) is 0.333. The van der Waals surface area contributed by atoms with E-state index in [1.165, 1.54) is 12.1 Å². The first-order chi connectivity index (χ1) is 8.37. The second-order valence-electron chi connectivity index (χ2n) is 4.33. The van der Waals surface area contributed by atoms with Gasteiger partial charge in [0, 0.05) is 23.1 Å². The lowest BCUT2D eigenvalue weighted by atomic mass is 10.1. The van der Waals surface area contributed by atoms with Crippen molar-refractivity contribution in [2.24, 2.45) is 0 Å². The van der Waals surface area contributed by atoms with Crippen LogP contribution in [-0.4, -0.2) is 26.2 Å². The van der Waals surface area contributed by atoms with Crippen LogP contribution in [-0.2, 0) is 16.4 Å². The molecule has 4 nitrogen and oxygen atoms in total. The molecule has 0 amide bonds. The van der Waals surface area contributed by atoms with Crippen molar-refractivity contribution in [2.75, 3.05) is 12.8 Å². The van der Waals surface area contributed by atoms with E-state index in [1.54, 1.807) is 6.07 Å². The average Bonchev–Trinajstić information content (AvgIpc) is 2.54. The highest BCUT2D eigenvalue weighted by molar-refractivity contribution is 7.88. The Kier molecular flexibility index (Phi) is 3.41. The van der Waals surface area contributed by atoms with E-state index in [-0.39, 0.29) is 5.82 Å². The van der Waals surface area contributed by atoms with Gasteiger partial charge in [0.05, 0.1) is 6.26 Å². The number of benzene rings is 1. The third-order valence-corrected chi connectivity index (χ3v) is 3.55. The Bertz CT molecular complexity index is 677. The van der Waals surface area contributed by atoms with Crippen LogP contribution in [0.25, 0.3) is 10.9 Å². The van der Waals surface area contributed by atoms with Crippen LogP contribution < -0.4 is 4.72 Å². The van der Waals surface area contributed by atoms with Gasteiger partial charge < -0.3 is 4.98 Å². The Hall–Kier alpha value is -1.40. The van der Waals surface area contributed by atoms with E-state index in [0.29, 0.717) is 13.0 Å². The maximum Gasteiger partial charge on any atom is 0.208 e. The van der Waals surface area contributed by atoms with E-state index in [0.717, 1.165) is 28.4 Å². The first kappa shape index (κ1) is 13.0. The summed E-state index contributed by atoms with van der Waals surface area (Å²) in [6.45, 7) is 2.21. The average molecular weight is 270 g/mol. The van der Waals surface area contributed by atoms with Gasteiger partial charge in [-0.05, 0) is 37.1 Å². The third-order valence-electron chi connectivity index (χ3n) is 2.82. The highest BCUT2D eigenvalue weighted by atomic mass is 32.2. The summed E-state index contributed by atoms with van der Waals surface area (Å²) in [6, 6.07) is 4.55. The topological polar surface area (TPSA) is 62.0 Å². The smallest absolute Gasteiger partial charge is 0.208 e. The Morgan fingerprint density at radius 2 is 2.11 bits per heavy atom. The second kappa shape index (κ2) is 4.70. The zero-order valence-corrected chi connectivity index (χ0v) is 11.1. The number of aromatic amines is 1. The zero-order valence-electron chi connectivity index (χ0n) is 10.2. The molecule has 0 aliphatic heterocycles. The number of hydrogen-bond donors (Lipinski definition) is 2. The van der Waals surface area contributed by atoms with Gasteiger partial charge in [-0.1, -0.05) is 0 Å². The van der Waals surface area contributed by atoms with Gasteiger partial charge >= 0.3 is 0 Å². The van der Waals surface area contributed by atoms with Gasteiger partial charge in [0.1, 0.15) is 5.82 Å². The van der Waals surface area contributed by atoms with Crippen LogP contribution in [0.15, 0.2) is 18.2 Å². The number of aryl methyl sites for hydroxylation is 1. The Balaban J connectivity index is 2.27. The number of halogens is 1. The van der Waals surface area contributed by atoms with Crippen molar-refractivity contribution in [1.29, 1.82) is 0 Å². The first-order valence-corrected chi connectivity index (χ1v) is 7.47. The van der Waals surface area contributed by atoms with E-state index < -0.39 is 10.0 Å². The van der Waals surface area contributed by atoms with Crippen LogP contribution in [0, 0.1) is 12.7 Å². The van der Waals surface area contributed by atoms with Gasteiger partial charge in [-0.3, -0.25) is 0 Å². The highest BCUT2D eigenvalue weighted by Crippen LogP contribution is 2.23. The SMILES string of the molecule is Cc1[nH]c2ccc(F)cc2c1CCNS(C)(=O)=O. The lowest BCUT2D eigenvalue weighted by Crippen LogP contribution is -2.24. The monoisotopic (exact) mass is 270 g/mol. The molecule has 0 aliphatic carbocycles. The molecule has 2 N–H and O–H groups in total. The normalized spacial score (nSPS) is 12.2. The lowest BCUT2D eigenvalue weighted by molar-refractivity contribution is 0.588. The molecule has 1 heterocycles. The molecule has 0 saturated carbocycles. The Labute approximate surface area is 105 Å². The molecule has 18 heavy (non-hydrogen) atoms. The van der Waals surface area contributed by atoms with E-state index in [1.807, 2.05) is 6.92 Å². The first-order valence-electron chi connectivity index (χ1n) is 5.58. The number of sulfonamides is 1. The summed E-state index contributed by atoms with van der Waals surface area (Å²) in [5.41, 5.74) is 2.75. The fourth-order valence-corrected chi connectivity index (χ4v) is 2.51. The predicted octanol–water partition coefficient (Wildman–Crippen LogP) is 1.71. The molecule has 0 saturated heterocycles. The van der Waals surface area contributed by atoms with Crippen LogP contribution in [0.3, 0.4) is 0 Å². The summed E-state index contributed by atoms with van der Waals surface area (Å²) in [7, 11) is -3.19. The summed E-state index contributed by atoms with van der Waals surface area (Å²) >= 11 is 0. The summed E-state index contributed by atoms with van der Waals surface area (Å²) < 4.78 is 37.6. The number of nitrogens with one attached hydrogen (secondary N) is 2. The van der Waals surface area contributed by atoms with Gasteiger partial charge in [0.15, 0.2) is 0 Å². The Morgan fingerprint density at radius 1 is 1.39 bits per heavy atom. The zero-order chi connectivity index (χ0) is 13.3. The molecular formula is C12H15FN2O2S. The van der Waals surface area contributed by atoms with Crippen LogP contribution in [0.2, 0.25) is 0 Å². The van der Waals surface area contributed by atoms with Crippen molar-refractivity contribution in [3.63, 3.8) is 0 Å². The minimum Gasteiger partial charge on any atom is -0.358 e. The van der Waals surface area contributed by atoms with Crippen LogP contribution in [0.5, 0.6) is 0 Å². The van der Waals surface area contributed by atoms with Gasteiger partial charge in [0.2, 0.25) is 10.0 Å². The molecule has 0 bridgehead atoms. The van der Waals surface area contributed by atoms with E-state index in [9.17, 15) is 12.8 Å². The molecule has 0 atom stereocenters. The standard InChI is InChI=1S/C12H15FN2O2S/c1-8-10(5-6-14-18(2,16)17)11-7-9(13)3-4-12(11)15-8/h3-4,7,14-15H,5-6H2,1-2H3. The fourth-order valence-electron chi connectivity index (χ4n) is 2.04. The quantitative estimate of drug-likeness (QED) is 0.888. The highest BCUT2D eigenvalue weighted by Gasteiger charge is 2.10. The largest absolute Gasteiger partial charge is 0.358 e. The number of H-pyrrole nitrogens is 1. The third kappa shape index (κ3) is 2.88. The molecule has 0 radical (unpaired) electrons. The molecule has 0 fully saturated rings. The molecule has 6 heteroatoms. The van der Waals surface area contributed by atoms with Crippen molar-refractivity contribution >= 4 is 20.9 Å². The number of fused-ring (bicyclic) bond motifs is 1. The van der Waals surface area contributed by atoms with Gasteiger partial charge in [-0.25, -0.2) is 17.5 Å². The van der Waals surface area contributed by atoms with Crippen LogP contribution in [0.1, 0.15) is 11.3 Å². The minimum absolute atomic E-state index is 0.293. The molecule has 98 valence electrons. The maximum atomic E-state index is 13.2. The van der Waals surface area contributed by atoms with Crippen molar-refractivity contribution < 1.29 is 12.8 Å². The van der Waals surface area contributed by atoms with Crippen molar-refractivity contribution in [3.05, 3.63) is 35.3 Å². The molecular weight excluding hydrogens is 255 g/mol. The number of hydrogen-bond acceptors (Lipinski definition) is 2. The van der Waals surface area contributed by atoms with Gasteiger partial charge in [-0.15, -0.1) is 0 Å². The van der Waals surface area contributed by atoms with Crippen LogP contribution >= 0.6 is 0 Å². The number of aromatic nitrogens is 1. The minimum atomic E-state index is -3.19. The van der Waals surface area contributed by atoms with Crippen molar-refractivity contribution in [2.45, 2.75) is 13.3 Å². The predicted molar refractivity (Wildman–Crippen MR) is 69.5 cm³/mol. The molecule has 1 aromatic heterocycles. The second-order valence-corrected chi connectivity index (χ2v) is 6.17. The molecule has 0 spiro atoms. The summed E-state index contributed by atoms with van der Waals surface area (Å²) in [5.74, 6) is -0.293. The van der Waals surface area contributed by atoms with E-state index in [2.05, 4.69) is 9.71 Å². The summed E-state index contributed by atoms with van der Waals surface area (Å²) in [6.07, 6.45) is 1.65. The molecule has 0 aliphatic rings. The number of rotatable bonds is 4. The van der Waals surface area contributed by atoms with E-state index >= 15 is 0 Å². The lowest BCUT2D eigenvalue weighted by Gasteiger charge is -2.03. The summed E-state index contributed by atoms with van der Waals surface area (Å²) in [5, 5.41) is 0.808. The molecule has 1 aromatic carbocycles.